The first-order valence-corrected chi connectivity index (χ1v) is 4.25. The third-order valence-corrected chi connectivity index (χ3v) is 2.03. The molecular weight excluding hydrogens is 180 g/mol. The zero-order chi connectivity index (χ0) is 10.7. The smallest absolute Gasteiger partial charge is 0.239 e. The number of benzene rings is 1. The molecular formula is C10H14N2O2. The van der Waals surface area contributed by atoms with E-state index in [0.29, 0.717) is 11.3 Å². The fourth-order valence-corrected chi connectivity index (χ4v) is 1.25. The van der Waals surface area contributed by atoms with Gasteiger partial charge in [0.2, 0.25) is 5.91 Å². The SMILES string of the molecule is COc1ccc(C)cc1C(N)C(N)=O. The second-order valence-corrected chi connectivity index (χ2v) is 3.13. The molecule has 1 aromatic rings. The second kappa shape index (κ2) is 4.11. The molecule has 1 amide bonds. The highest BCUT2D eigenvalue weighted by atomic mass is 16.5. The molecule has 0 aliphatic rings. The number of carbonyl (C=O) groups excluding carboxylic acids is 1. The first kappa shape index (κ1) is 10.5. The van der Waals surface area contributed by atoms with E-state index in [1.54, 1.807) is 12.1 Å². The molecule has 0 aliphatic heterocycles. The molecule has 14 heavy (non-hydrogen) atoms. The molecule has 4 heteroatoms. The average molecular weight is 194 g/mol. The van der Waals surface area contributed by atoms with Gasteiger partial charge in [0.15, 0.2) is 0 Å². The van der Waals surface area contributed by atoms with Crippen molar-refractivity contribution in [3.63, 3.8) is 0 Å². The lowest BCUT2D eigenvalue weighted by Gasteiger charge is -2.13. The first-order chi connectivity index (χ1) is 6.56. The van der Waals surface area contributed by atoms with Crippen LogP contribution in [0.2, 0.25) is 0 Å². The Bertz CT molecular complexity index is 350. The van der Waals surface area contributed by atoms with Crippen LogP contribution < -0.4 is 16.2 Å². The van der Waals surface area contributed by atoms with Crippen molar-refractivity contribution in [1.29, 1.82) is 0 Å². The highest BCUT2D eigenvalue weighted by Gasteiger charge is 2.16. The van der Waals surface area contributed by atoms with Gasteiger partial charge < -0.3 is 16.2 Å². The molecule has 0 saturated carbocycles. The van der Waals surface area contributed by atoms with Crippen LogP contribution >= 0.6 is 0 Å². The molecule has 4 nitrogen and oxygen atoms in total. The molecule has 0 aromatic heterocycles. The van der Waals surface area contributed by atoms with Gasteiger partial charge in [-0.25, -0.2) is 0 Å². The Labute approximate surface area is 82.8 Å². The quantitative estimate of drug-likeness (QED) is 0.735. The Hall–Kier alpha value is -1.55. The predicted molar refractivity (Wildman–Crippen MR) is 53.9 cm³/mol. The molecule has 0 bridgehead atoms. The number of ether oxygens (including phenoxy) is 1. The molecule has 0 heterocycles. The van der Waals surface area contributed by atoms with Crippen LogP contribution in [0.25, 0.3) is 0 Å². The van der Waals surface area contributed by atoms with E-state index >= 15 is 0 Å². The largest absolute Gasteiger partial charge is 0.496 e. The molecule has 0 fully saturated rings. The minimum Gasteiger partial charge on any atom is -0.496 e. The molecule has 0 spiro atoms. The summed E-state index contributed by atoms with van der Waals surface area (Å²) in [5, 5.41) is 0. The lowest BCUT2D eigenvalue weighted by atomic mass is 10.0. The average Bonchev–Trinajstić information content (AvgIpc) is 2.16. The summed E-state index contributed by atoms with van der Waals surface area (Å²) in [6, 6.07) is 4.64. The van der Waals surface area contributed by atoms with Crippen LogP contribution in [0.5, 0.6) is 5.75 Å². The predicted octanol–water partition coefficient (Wildman–Crippen LogP) is 0.489. The summed E-state index contributed by atoms with van der Waals surface area (Å²) in [7, 11) is 1.53. The molecule has 76 valence electrons. The first-order valence-electron chi connectivity index (χ1n) is 4.25. The van der Waals surface area contributed by atoms with Crippen molar-refractivity contribution in [3.05, 3.63) is 29.3 Å². The number of aryl methyl sites for hydroxylation is 1. The van der Waals surface area contributed by atoms with E-state index in [9.17, 15) is 4.79 Å². The molecule has 0 saturated heterocycles. The van der Waals surface area contributed by atoms with E-state index < -0.39 is 11.9 Å². The monoisotopic (exact) mass is 194 g/mol. The van der Waals surface area contributed by atoms with E-state index in [0.717, 1.165) is 5.56 Å². The molecule has 1 unspecified atom stereocenters. The van der Waals surface area contributed by atoms with Gasteiger partial charge in [-0.15, -0.1) is 0 Å². The van der Waals surface area contributed by atoms with Gasteiger partial charge in [0.25, 0.3) is 0 Å². The van der Waals surface area contributed by atoms with Crippen molar-refractivity contribution in [3.8, 4) is 5.75 Å². The highest BCUT2D eigenvalue weighted by molar-refractivity contribution is 5.82. The molecule has 0 aliphatic carbocycles. The van der Waals surface area contributed by atoms with Crippen molar-refractivity contribution >= 4 is 5.91 Å². The van der Waals surface area contributed by atoms with Crippen LogP contribution in [0.4, 0.5) is 0 Å². The van der Waals surface area contributed by atoms with E-state index in [4.69, 9.17) is 16.2 Å². The van der Waals surface area contributed by atoms with Crippen molar-refractivity contribution in [2.45, 2.75) is 13.0 Å². The Morgan fingerprint density at radius 3 is 2.64 bits per heavy atom. The van der Waals surface area contributed by atoms with E-state index in [-0.39, 0.29) is 0 Å². The van der Waals surface area contributed by atoms with Gasteiger partial charge in [0, 0.05) is 5.56 Å². The number of primary amides is 1. The topological polar surface area (TPSA) is 78.3 Å². The van der Waals surface area contributed by atoms with Crippen LogP contribution in [0.15, 0.2) is 18.2 Å². The van der Waals surface area contributed by atoms with Gasteiger partial charge in [-0.1, -0.05) is 17.7 Å². The van der Waals surface area contributed by atoms with E-state index in [2.05, 4.69) is 0 Å². The van der Waals surface area contributed by atoms with Gasteiger partial charge >= 0.3 is 0 Å². The Balaban J connectivity index is 3.16. The zero-order valence-corrected chi connectivity index (χ0v) is 8.28. The van der Waals surface area contributed by atoms with Crippen LogP contribution in [0.3, 0.4) is 0 Å². The molecule has 1 aromatic carbocycles. The highest BCUT2D eigenvalue weighted by Crippen LogP contribution is 2.24. The Kier molecular flexibility index (Phi) is 3.09. The summed E-state index contributed by atoms with van der Waals surface area (Å²) in [5.74, 6) is 0.0239. The molecule has 0 radical (unpaired) electrons. The summed E-state index contributed by atoms with van der Waals surface area (Å²) in [6.45, 7) is 1.91. The maximum atomic E-state index is 10.9. The number of hydrogen-bond donors (Lipinski definition) is 2. The summed E-state index contributed by atoms with van der Waals surface area (Å²) in [6.07, 6.45) is 0. The van der Waals surface area contributed by atoms with Gasteiger partial charge in [-0.2, -0.15) is 0 Å². The third-order valence-electron chi connectivity index (χ3n) is 2.03. The standard InChI is InChI=1S/C10H14N2O2/c1-6-3-4-8(14-2)7(5-6)9(11)10(12)13/h3-5,9H,11H2,1-2H3,(H2,12,13). The number of hydrogen-bond acceptors (Lipinski definition) is 3. The zero-order valence-electron chi connectivity index (χ0n) is 8.28. The van der Waals surface area contributed by atoms with Crippen molar-refractivity contribution in [2.24, 2.45) is 11.5 Å². The normalized spacial score (nSPS) is 12.2. The maximum absolute atomic E-state index is 10.9. The van der Waals surface area contributed by atoms with Gasteiger partial charge in [0.05, 0.1) is 7.11 Å². The van der Waals surface area contributed by atoms with Gasteiger partial charge in [-0.05, 0) is 13.0 Å². The number of methoxy groups -OCH3 is 1. The van der Waals surface area contributed by atoms with Crippen LogP contribution in [0.1, 0.15) is 17.2 Å². The summed E-state index contributed by atoms with van der Waals surface area (Å²) < 4.78 is 5.08. The second-order valence-electron chi connectivity index (χ2n) is 3.13. The number of carbonyl (C=O) groups is 1. The van der Waals surface area contributed by atoms with Crippen LogP contribution in [0, 0.1) is 6.92 Å². The fourth-order valence-electron chi connectivity index (χ4n) is 1.25. The van der Waals surface area contributed by atoms with E-state index in [1.165, 1.54) is 7.11 Å². The summed E-state index contributed by atoms with van der Waals surface area (Å²) >= 11 is 0. The number of rotatable bonds is 3. The summed E-state index contributed by atoms with van der Waals surface area (Å²) in [5.41, 5.74) is 12.4. The number of nitrogens with two attached hydrogens (primary N) is 2. The van der Waals surface area contributed by atoms with Crippen molar-refractivity contribution in [1.82, 2.24) is 0 Å². The van der Waals surface area contributed by atoms with E-state index in [1.807, 2.05) is 13.0 Å². The lowest BCUT2D eigenvalue weighted by Crippen LogP contribution is -2.28. The Morgan fingerprint density at radius 2 is 2.14 bits per heavy atom. The van der Waals surface area contributed by atoms with Crippen molar-refractivity contribution < 1.29 is 9.53 Å². The third kappa shape index (κ3) is 2.03. The summed E-state index contributed by atoms with van der Waals surface area (Å²) in [4.78, 5) is 10.9. The number of amides is 1. The minimum atomic E-state index is -0.815. The lowest BCUT2D eigenvalue weighted by molar-refractivity contribution is -0.119. The maximum Gasteiger partial charge on any atom is 0.239 e. The van der Waals surface area contributed by atoms with Crippen LogP contribution in [-0.4, -0.2) is 13.0 Å². The fraction of sp³-hybridized carbons (Fsp3) is 0.300. The van der Waals surface area contributed by atoms with Gasteiger partial charge in [-0.3, -0.25) is 4.79 Å². The van der Waals surface area contributed by atoms with Gasteiger partial charge in [0.1, 0.15) is 11.8 Å². The van der Waals surface area contributed by atoms with Crippen molar-refractivity contribution in [2.75, 3.05) is 7.11 Å². The Morgan fingerprint density at radius 1 is 1.50 bits per heavy atom. The molecule has 1 atom stereocenters. The minimum absolute atomic E-state index is 0.561. The molecule has 4 N–H and O–H groups in total. The van der Waals surface area contributed by atoms with Crippen LogP contribution in [-0.2, 0) is 4.79 Å². The molecule has 1 rings (SSSR count).